The van der Waals surface area contributed by atoms with E-state index in [1.807, 2.05) is 6.92 Å². The maximum atomic E-state index is 12.2. The number of urea groups is 1. The van der Waals surface area contributed by atoms with E-state index in [0.717, 1.165) is 18.4 Å². The van der Waals surface area contributed by atoms with Crippen molar-refractivity contribution in [2.45, 2.75) is 32.4 Å². The van der Waals surface area contributed by atoms with Crippen molar-refractivity contribution < 1.29 is 14.0 Å². The van der Waals surface area contributed by atoms with Crippen molar-refractivity contribution in [3.63, 3.8) is 0 Å². The molecule has 0 fully saturated rings. The van der Waals surface area contributed by atoms with Gasteiger partial charge in [-0.2, -0.15) is 0 Å². The molecule has 0 saturated carbocycles. The summed E-state index contributed by atoms with van der Waals surface area (Å²) in [6, 6.07) is 8.69. The van der Waals surface area contributed by atoms with Crippen molar-refractivity contribution in [1.82, 2.24) is 10.6 Å². The van der Waals surface area contributed by atoms with Crippen LogP contribution in [0, 0.1) is 6.92 Å². The zero-order chi connectivity index (χ0) is 17.6. The molecule has 2 aromatic rings. The van der Waals surface area contributed by atoms with E-state index in [9.17, 15) is 9.59 Å². The van der Waals surface area contributed by atoms with Crippen LogP contribution in [0.2, 0.25) is 0 Å². The smallest absolute Gasteiger partial charge is 0.319 e. The first-order valence-corrected chi connectivity index (χ1v) is 8.25. The molecule has 3 amide bonds. The van der Waals surface area contributed by atoms with E-state index in [1.54, 1.807) is 36.6 Å². The van der Waals surface area contributed by atoms with E-state index in [-0.39, 0.29) is 18.0 Å². The molecule has 1 heterocycles. The topological polar surface area (TPSA) is 83.4 Å². The highest BCUT2D eigenvalue weighted by atomic mass is 16.3. The van der Waals surface area contributed by atoms with Crippen LogP contribution in [0.1, 0.15) is 34.5 Å². The summed E-state index contributed by atoms with van der Waals surface area (Å²) in [7, 11) is 0. The van der Waals surface area contributed by atoms with Crippen LogP contribution in [-0.4, -0.2) is 18.0 Å². The third-order valence-corrected chi connectivity index (χ3v) is 4.08. The second-order valence-electron chi connectivity index (χ2n) is 6.03. The van der Waals surface area contributed by atoms with E-state index in [0.29, 0.717) is 23.6 Å². The number of rotatable bonds is 5. The van der Waals surface area contributed by atoms with Gasteiger partial charge in [0.25, 0.3) is 5.91 Å². The zero-order valence-corrected chi connectivity index (χ0v) is 14.0. The fraction of sp³-hybridized carbons (Fsp3) is 0.263. The maximum absolute atomic E-state index is 12.2. The van der Waals surface area contributed by atoms with Crippen LogP contribution in [0.3, 0.4) is 0 Å². The fourth-order valence-electron chi connectivity index (χ4n) is 2.71. The van der Waals surface area contributed by atoms with Crippen molar-refractivity contribution in [3.05, 3.63) is 65.6 Å². The summed E-state index contributed by atoms with van der Waals surface area (Å²) in [6.45, 7) is 2.19. The molecule has 1 aliphatic carbocycles. The Morgan fingerprint density at radius 1 is 1.20 bits per heavy atom. The van der Waals surface area contributed by atoms with Gasteiger partial charge in [-0.1, -0.05) is 12.2 Å². The molecule has 0 spiro atoms. The number of carbonyl (C=O) groups is 2. The highest BCUT2D eigenvalue weighted by Crippen LogP contribution is 2.17. The minimum atomic E-state index is -0.230. The lowest BCUT2D eigenvalue weighted by Gasteiger charge is -2.15. The first-order valence-electron chi connectivity index (χ1n) is 8.25. The van der Waals surface area contributed by atoms with Crippen LogP contribution >= 0.6 is 0 Å². The van der Waals surface area contributed by atoms with Crippen LogP contribution < -0.4 is 16.0 Å². The van der Waals surface area contributed by atoms with Crippen molar-refractivity contribution in [2.24, 2.45) is 0 Å². The molecule has 1 aliphatic rings. The zero-order valence-electron chi connectivity index (χ0n) is 14.0. The van der Waals surface area contributed by atoms with Gasteiger partial charge in [-0.15, -0.1) is 0 Å². The largest absolute Gasteiger partial charge is 0.467 e. The van der Waals surface area contributed by atoms with Crippen LogP contribution in [0.15, 0.2) is 53.2 Å². The second-order valence-corrected chi connectivity index (χ2v) is 6.03. The van der Waals surface area contributed by atoms with Gasteiger partial charge in [0.05, 0.1) is 12.8 Å². The summed E-state index contributed by atoms with van der Waals surface area (Å²) >= 11 is 0. The number of amides is 3. The van der Waals surface area contributed by atoms with Gasteiger partial charge in [0.2, 0.25) is 0 Å². The van der Waals surface area contributed by atoms with Crippen LogP contribution in [-0.2, 0) is 6.54 Å². The summed E-state index contributed by atoms with van der Waals surface area (Å²) < 4.78 is 5.19. The number of hydrogen-bond acceptors (Lipinski definition) is 3. The number of furan rings is 1. The minimum absolute atomic E-state index is 0.159. The third kappa shape index (κ3) is 4.50. The Kier molecular flexibility index (Phi) is 5.18. The van der Waals surface area contributed by atoms with E-state index < -0.39 is 0 Å². The number of nitrogens with one attached hydrogen (secondary N) is 3. The monoisotopic (exact) mass is 339 g/mol. The van der Waals surface area contributed by atoms with Gasteiger partial charge in [0.15, 0.2) is 0 Å². The fourth-order valence-corrected chi connectivity index (χ4v) is 2.71. The van der Waals surface area contributed by atoms with Gasteiger partial charge in [0.1, 0.15) is 5.76 Å². The van der Waals surface area contributed by atoms with Crippen molar-refractivity contribution >= 4 is 17.6 Å². The molecule has 0 radical (unpaired) electrons. The lowest BCUT2D eigenvalue weighted by molar-refractivity contribution is 0.0948. The molecule has 6 nitrogen and oxygen atoms in total. The Hall–Kier alpha value is -3.02. The van der Waals surface area contributed by atoms with Crippen molar-refractivity contribution in [1.29, 1.82) is 0 Å². The maximum Gasteiger partial charge on any atom is 0.319 e. The number of aryl methyl sites for hydroxylation is 1. The lowest BCUT2D eigenvalue weighted by Crippen LogP contribution is -2.36. The Balaban J connectivity index is 1.56. The molecule has 0 unspecified atom stereocenters. The summed E-state index contributed by atoms with van der Waals surface area (Å²) in [6.07, 6.45) is 7.42. The molecule has 6 heteroatoms. The Labute approximate surface area is 146 Å². The van der Waals surface area contributed by atoms with Gasteiger partial charge in [-0.25, -0.2) is 4.79 Å². The van der Waals surface area contributed by atoms with Crippen LogP contribution in [0.5, 0.6) is 0 Å². The molecule has 0 saturated heterocycles. The molecular weight excluding hydrogens is 318 g/mol. The number of benzene rings is 1. The van der Waals surface area contributed by atoms with Crippen molar-refractivity contribution in [2.75, 3.05) is 5.32 Å². The molecule has 3 rings (SSSR count). The lowest BCUT2D eigenvalue weighted by atomic mass is 10.1. The molecule has 0 bridgehead atoms. The molecule has 1 aromatic carbocycles. The Bertz CT molecular complexity index is 773. The molecule has 0 atom stereocenters. The average Bonchev–Trinajstić information content (AvgIpc) is 3.28. The SMILES string of the molecule is Cc1cc(C(=O)NCc2ccco2)ccc1NC(=O)NC1CC=CC1. The van der Waals surface area contributed by atoms with Crippen molar-refractivity contribution in [3.8, 4) is 0 Å². The predicted molar refractivity (Wildman–Crippen MR) is 95.4 cm³/mol. The summed E-state index contributed by atoms with van der Waals surface area (Å²) in [5.74, 6) is 0.508. The van der Waals surface area contributed by atoms with Gasteiger partial charge in [0, 0.05) is 17.3 Å². The van der Waals surface area contributed by atoms with Gasteiger partial charge >= 0.3 is 6.03 Å². The summed E-state index contributed by atoms with van der Waals surface area (Å²) in [5.41, 5.74) is 2.05. The quantitative estimate of drug-likeness (QED) is 0.731. The Morgan fingerprint density at radius 2 is 2.00 bits per heavy atom. The van der Waals surface area contributed by atoms with Crippen LogP contribution in [0.4, 0.5) is 10.5 Å². The predicted octanol–water partition coefficient (Wildman–Crippen LogP) is 3.36. The highest BCUT2D eigenvalue weighted by molar-refractivity contribution is 5.96. The first-order chi connectivity index (χ1) is 12.1. The van der Waals surface area contributed by atoms with Gasteiger partial charge < -0.3 is 20.4 Å². The molecule has 25 heavy (non-hydrogen) atoms. The third-order valence-electron chi connectivity index (χ3n) is 4.08. The van der Waals surface area contributed by atoms with Gasteiger partial charge in [-0.05, 0) is 55.7 Å². The second kappa shape index (κ2) is 7.70. The molecule has 3 N–H and O–H groups in total. The number of anilines is 1. The standard InChI is InChI=1S/C19H21N3O3/c1-13-11-14(18(23)20-12-16-7-4-10-25-16)8-9-17(13)22-19(24)21-15-5-2-3-6-15/h2-4,7-11,15H,5-6,12H2,1H3,(H,20,23)(H2,21,22,24). The van der Waals surface area contributed by atoms with E-state index >= 15 is 0 Å². The van der Waals surface area contributed by atoms with Gasteiger partial charge in [-0.3, -0.25) is 4.79 Å². The first kappa shape index (κ1) is 16.8. The normalized spacial score (nSPS) is 13.6. The summed E-state index contributed by atoms with van der Waals surface area (Å²) in [5, 5.41) is 8.56. The number of carbonyl (C=O) groups excluding carboxylic acids is 2. The number of hydrogen-bond donors (Lipinski definition) is 3. The van der Waals surface area contributed by atoms with E-state index in [4.69, 9.17) is 4.42 Å². The van der Waals surface area contributed by atoms with E-state index in [1.165, 1.54) is 0 Å². The summed E-state index contributed by atoms with van der Waals surface area (Å²) in [4.78, 5) is 24.2. The molecule has 1 aromatic heterocycles. The average molecular weight is 339 g/mol. The van der Waals surface area contributed by atoms with E-state index in [2.05, 4.69) is 28.1 Å². The Morgan fingerprint density at radius 3 is 2.68 bits per heavy atom. The van der Waals surface area contributed by atoms with Crippen LogP contribution in [0.25, 0.3) is 0 Å². The highest BCUT2D eigenvalue weighted by Gasteiger charge is 2.14. The molecule has 0 aliphatic heterocycles. The molecule has 130 valence electrons. The minimum Gasteiger partial charge on any atom is -0.467 e. The molecular formula is C19H21N3O3.